The summed E-state index contributed by atoms with van der Waals surface area (Å²) < 4.78 is 7.51. The number of nitrogens with zero attached hydrogens (tertiary/aromatic N) is 3. The van der Waals surface area contributed by atoms with Crippen LogP contribution in [0.2, 0.25) is 0 Å². The van der Waals surface area contributed by atoms with Crippen molar-refractivity contribution in [1.29, 1.82) is 0 Å². The van der Waals surface area contributed by atoms with Crippen LogP contribution < -0.4 is 0 Å². The molecule has 0 aliphatic carbocycles. The van der Waals surface area contributed by atoms with Crippen molar-refractivity contribution in [1.82, 2.24) is 14.7 Å². The van der Waals surface area contributed by atoms with Crippen LogP contribution in [0.15, 0.2) is 24.4 Å². The first-order chi connectivity index (χ1) is 12.6. The van der Waals surface area contributed by atoms with Crippen LogP contribution in [0.3, 0.4) is 0 Å². The van der Waals surface area contributed by atoms with Gasteiger partial charge in [0.1, 0.15) is 0 Å². The molecule has 3 heterocycles. The quantitative estimate of drug-likeness (QED) is 0.743. The Bertz CT molecular complexity index is 726. The lowest BCUT2D eigenvalue weighted by atomic mass is 9.88. The van der Waals surface area contributed by atoms with Gasteiger partial charge in [-0.15, -0.1) is 0 Å². The van der Waals surface area contributed by atoms with Crippen molar-refractivity contribution in [3.05, 3.63) is 30.0 Å². The van der Waals surface area contributed by atoms with Gasteiger partial charge in [-0.2, -0.15) is 5.10 Å². The lowest BCUT2D eigenvalue weighted by Crippen LogP contribution is -2.45. The van der Waals surface area contributed by atoms with E-state index in [1.807, 2.05) is 13.3 Å². The molecule has 0 unspecified atom stereocenters. The maximum atomic E-state index is 5.31. The van der Waals surface area contributed by atoms with Crippen molar-refractivity contribution in [3.63, 3.8) is 0 Å². The molecule has 4 nitrogen and oxygen atoms in total. The Morgan fingerprint density at radius 1 is 1.19 bits per heavy atom. The highest BCUT2D eigenvalue weighted by Crippen LogP contribution is 2.40. The highest BCUT2D eigenvalue weighted by atomic mass is 16.5. The summed E-state index contributed by atoms with van der Waals surface area (Å²) in [6.45, 7) is 7.69. The zero-order valence-electron chi connectivity index (χ0n) is 16.5. The Morgan fingerprint density at radius 3 is 2.69 bits per heavy atom. The number of ether oxygens (including phenoxy) is 1. The van der Waals surface area contributed by atoms with Gasteiger partial charge in [0.25, 0.3) is 0 Å². The molecule has 142 valence electrons. The summed E-state index contributed by atoms with van der Waals surface area (Å²) in [5, 5.41) is 5.90. The van der Waals surface area contributed by atoms with Crippen LogP contribution in [-0.4, -0.2) is 47.0 Å². The highest BCUT2D eigenvalue weighted by Gasteiger charge is 2.40. The van der Waals surface area contributed by atoms with Gasteiger partial charge in [0.15, 0.2) is 0 Å². The molecule has 0 N–H and O–H groups in total. The Morgan fingerprint density at radius 2 is 1.96 bits per heavy atom. The van der Waals surface area contributed by atoms with Gasteiger partial charge >= 0.3 is 0 Å². The summed E-state index contributed by atoms with van der Waals surface area (Å²) in [6, 6.07) is 8.22. The highest BCUT2D eigenvalue weighted by molar-refractivity contribution is 5.79. The fraction of sp³-hybridized carbons (Fsp3) is 0.682. The molecule has 1 aromatic carbocycles. The predicted molar refractivity (Wildman–Crippen MR) is 106 cm³/mol. The molecule has 0 amide bonds. The van der Waals surface area contributed by atoms with Crippen LogP contribution in [0.25, 0.3) is 10.9 Å². The number of rotatable bonds is 7. The van der Waals surface area contributed by atoms with E-state index in [0.29, 0.717) is 5.92 Å². The van der Waals surface area contributed by atoms with E-state index in [4.69, 9.17) is 4.74 Å². The van der Waals surface area contributed by atoms with E-state index in [2.05, 4.69) is 46.7 Å². The molecule has 0 spiro atoms. The first-order valence-electron chi connectivity index (χ1n) is 10.3. The van der Waals surface area contributed by atoms with E-state index >= 15 is 0 Å². The van der Waals surface area contributed by atoms with Crippen LogP contribution in [0, 0.1) is 18.8 Å². The molecule has 2 aromatic rings. The molecule has 2 saturated heterocycles. The van der Waals surface area contributed by atoms with Crippen molar-refractivity contribution >= 4 is 10.9 Å². The summed E-state index contributed by atoms with van der Waals surface area (Å²) in [5.74, 6) is 1.49. The second-order valence-corrected chi connectivity index (χ2v) is 8.69. The first kappa shape index (κ1) is 18.0. The van der Waals surface area contributed by atoms with Crippen LogP contribution in [0.4, 0.5) is 0 Å². The average molecular weight is 356 g/mol. The number of fused-ring (bicyclic) bond motifs is 3. The maximum Gasteiger partial charge on any atom is 0.0685 e. The van der Waals surface area contributed by atoms with Crippen molar-refractivity contribution in [3.8, 4) is 0 Å². The van der Waals surface area contributed by atoms with Crippen molar-refractivity contribution < 1.29 is 4.74 Å². The molecule has 2 bridgehead atoms. The van der Waals surface area contributed by atoms with E-state index in [0.717, 1.165) is 31.2 Å². The third-order valence-electron chi connectivity index (χ3n) is 6.52. The molecule has 4 heteroatoms. The molecule has 4 rings (SSSR count). The molecule has 2 aliphatic rings. The van der Waals surface area contributed by atoms with Crippen molar-refractivity contribution in [2.45, 2.75) is 64.6 Å². The minimum Gasteiger partial charge on any atom is -0.385 e. The monoisotopic (exact) mass is 355 g/mol. The fourth-order valence-electron chi connectivity index (χ4n) is 5.24. The molecule has 26 heavy (non-hydrogen) atoms. The first-order valence-corrected chi connectivity index (χ1v) is 10.3. The second kappa shape index (κ2) is 7.69. The van der Waals surface area contributed by atoms with Gasteiger partial charge in [-0.25, -0.2) is 0 Å². The lowest BCUT2D eigenvalue weighted by molar-refractivity contribution is 0.0700. The molecule has 0 saturated carbocycles. The Kier molecular flexibility index (Phi) is 5.32. The van der Waals surface area contributed by atoms with Gasteiger partial charge in [0, 0.05) is 44.3 Å². The number of hydrogen-bond donors (Lipinski definition) is 0. The average Bonchev–Trinajstić information content (AvgIpc) is 3.10. The summed E-state index contributed by atoms with van der Waals surface area (Å²) >= 11 is 0. The van der Waals surface area contributed by atoms with Gasteiger partial charge in [0.05, 0.1) is 11.7 Å². The second-order valence-electron chi connectivity index (χ2n) is 8.69. The van der Waals surface area contributed by atoms with Gasteiger partial charge in [-0.1, -0.05) is 19.1 Å². The SMILES string of the molecule is COCCC1C[C@@H]2CC[C@@H](C1)N2C[C@@H](C)Cn1ncc2ccc(C)cc21. The minimum atomic E-state index is 0.622. The van der Waals surface area contributed by atoms with Gasteiger partial charge in [0.2, 0.25) is 0 Å². The number of aromatic nitrogens is 2. The van der Waals surface area contributed by atoms with Crippen LogP contribution in [-0.2, 0) is 11.3 Å². The Hall–Kier alpha value is -1.39. The van der Waals surface area contributed by atoms with E-state index in [-0.39, 0.29) is 0 Å². The van der Waals surface area contributed by atoms with Crippen molar-refractivity contribution in [2.24, 2.45) is 11.8 Å². The fourth-order valence-corrected chi connectivity index (χ4v) is 5.24. The minimum absolute atomic E-state index is 0.622. The molecule has 2 fully saturated rings. The Labute approximate surface area is 157 Å². The number of methoxy groups -OCH3 is 1. The molecule has 3 atom stereocenters. The topological polar surface area (TPSA) is 30.3 Å². The zero-order valence-corrected chi connectivity index (χ0v) is 16.5. The molecule has 1 aromatic heterocycles. The van der Waals surface area contributed by atoms with Gasteiger partial charge < -0.3 is 4.74 Å². The molecule has 2 aliphatic heterocycles. The number of benzene rings is 1. The maximum absolute atomic E-state index is 5.31. The van der Waals surface area contributed by atoms with Crippen LogP contribution >= 0.6 is 0 Å². The summed E-state index contributed by atoms with van der Waals surface area (Å²) in [7, 11) is 1.83. The zero-order chi connectivity index (χ0) is 18.1. The normalized spacial score (nSPS) is 27.3. The van der Waals surface area contributed by atoms with Gasteiger partial charge in [-0.3, -0.25) is 9.58 Å². The Balaban J connectivity index is 1.38. The third-order valence-corrected chi connectivity index (χ3v) is 6.52. The molecule has 0 radical (unpaired) electrons. The number of piperidine rings is 1. The van der Waals surface area contributed by atoms with Crippen molar-refractivity contribution in [2.75, 3.05) is 20.3 Å². The molecular formula is C22H33N3O. The predicted octanol–water partition coefficient (Wildman–Crippen LogP) is 4.26. The third kappa shape index (κ3) is 3.67. The number of hydrogen-bond acceptors (Lipinski definition) is 3. The summed E-state index contributed by atoms with van der Waals surface area (Å²) in [4.78, 5) is 2.82. The smallest absolute Gasteiger partial charge is 0.0685 e. The lowest BCUT2D eigenvalue weighted by Gasteiger charge is -2.40. The summed E-state index contributed by atoms with van der Waals surface area (Å²) in [6.07, 6.45) is 8.78. The largest absolute Gasteiger partial charge is 0.385 e. The number of aryl methyl sites for hydroxylation is 1. The van der Waals surface area contributed by atoms with E-state index in [9.17, 15) is 0 Å². The van der Waals surface area contributed by atoms with E-state index < -0.39 is 0 Å². The van der Waals surface area contributed by atoms with Crippen LogP contribution in [0.1, 0.15) is 44.6 Å². The van der Waals surface area contributed by atoms with Gasteiger partial charge in [-0.05, 0) is 62.5 Å². The van der Waals surface area contributed by atoms with E-state index in [1.54, 1.807) is 0 Å². The summed E-state index contributed by atoms with van der Waals surface area (Å²) in [5.41, 5.74) is 2.58. The molecular weight excluding hydrogens is 322 g/mol. The van der Waals surface area contributed by atoms with Crippen LogP contribution in [0.5, 0.6) is 0 Å². The van der Waals surface area contributed by atoms with E-state index in [1.165, 1.54) is 55.1 Å². The standard InChI is InChI=1S/C22H33N3O/c1-16-4-5-19-13-23-25(22(19)10-16)15-17(2)14-24-20-6-7-21(24)12-18(11-20)8-9-26-3/h4-5,10,13,17-18,20-21H,6-9,11-12,14-15H2,1-3H3/t17-,20+,21+/m1/s1.